The molecular formula is C22H21ClN4O3. The third-order valence-electron chi connectivity index (χ3n) is 5.40. The second kappa shape index (κ2) is 7.98. The van der Waals surface area contributed by atoms with Crippen molar-refractivity contribution in [2.75, 3.05) is 12.3 Å². The normalized spacial score (nSPS) is 22.0. The highest BCUT2D eigenvalue weighted by molar-refractivity contribution is 6.28. The molecule has 2 N–H and O–H groups in total. The predicted octanol–water partition coefficient (Wildman–Crippen LogP) is 3.69. The van der Waals surface area contributed by atoms with Gasteiger partial charge in [0.2, 0.25) is 5.28 Å². The molecule has 0 unspecified atom stereocenters. The Balaban J connectivity index is 1.48. The third kappa shape index (κ3) is 3.72. The molecule has 30 heavy (non-hydrogen) atoms. The summed E-state index contributed by atoms with van der Waals surface area (Å²) < 4.78 is 13.5. The molecule has 3 aromatic rings. The molecule has 7 nitrogen and oxygen atoms in total. The van der Waals surface area contributed by atoms with E-state index in [2.05, 4.69) is 15.9 Å². The quantitative estimate of drug-likeness (QED) is 0.381. The number of fused-ring (bicyclic) bond motifs is 1. The Kier molecular flexibility index (Phi) is 5.37. The molecule has 154 valence electrons. The molecule has 0 amide bonds. The molecule has 0 spiro atoms. The average Bonchev–Trinajstić information content (AvgIpc) is 3.37. The van der Waals surface area contributed by atoms with Gasteiger partial charge in [-0.2, -0.15) is 4.98 Å². The molecule has 1 saturated heterocycles. The Morgan fingerprint density at radius 3 is 2.93 bits per heavy atom. The zero-order chi connectivity index (χ0) is 21.3. The standard InChI is InChI=1S/C22H21ClN4O3/c1-3-22(13-29-20(28)14(2)15-7-5-4-6-8-15)11-9-17(30-22)27-12-10-16-18(24)25-21(23)26-19(16)27/h1,4-8,10,12,14,17H,9,11,13H2,2H3,(H2,24,25,26)/t14-,17+,22-/m0/s1. The number of carbonyl (C=O) groups is 1. The van der Waals surface area contributed by atoms with Crippen molar-refractivity contribution in [2.24, 2.45) is 0 Å². The molecule has 1 aliphatic rings. The van der Waals surface area contributed by atoms with Crippen molar-refractivity contribution in [3.8, 4) is 12.3 Å². The van der Waals surface area contributed by atoms with Crippen molar-refractivity contribution in [2.45, 2.75) is 37.5 Å². The maximum Gasteiger partial charge on any atom is 0.313 e. The van der Waals surface area contributed by atoms with Gasteiger partial charge in [-0.05, 0) is 43.0 Å². The van der Waals surface area contributed by atoms with Crippen LogP contribution in [0.2, 0.25) is 5.28 Å². The second-order valence-corrected chi connectivity index (χ2v) is 7.67. The van der Waals surface area contributed by atoms with E-state index >= 15 is 0 Å². The van der Waals surface area contributed by atoms with Gasteiger partial charge in [-0.1, -0.05) is 36.3 Å². The highest BCUT2D eigenvalue weighted by Gasteiger charge is 2.41. The van der Waals surface area contributed by atoms with Crippen LogP contribution in [0.15, 0.2) is 42.6 Å². The van der Waals surface area contributed by atoms with E-state index < -0.39 is 11.5 Å². The van der Waals surface area contributed by atoms with E-state index in [1.54, 1.807) is 6.92 Å². The molecular weight excluding hydrogens is 404 g/mol. The number of nitrogen functional groups attached to an aromatic ring is 1. The molecule has 0 aliphatic carbocycles. The Labute approximate surface area is 179 Å². The van der Waals surface area contributed by atoms with E-state index in [9.17, 15) is 4.79 Å². The van der Waals surface area contributed by atoms with E-state index in [0.717, 1.165) is 5.56 Å². The maximum atomic E-state index is 12.5. The summed E-state index contributed by atoms with van der Waals surface area (Å²) in [5, 5.41) is 0.745. The van der Waals surface area contributed by atoms with Crippen molar-refractivity contribution in [3.05, 3.63) is 53.4 Å². The molecule has 0 radical (unpaired) electrons. The van der Waals surface area contributed by atoms with Crippen molar-refractivity contribution >= 4 is 34.4 Å². The van der Waals surface area contributed by atoms with E-state index in [1.165, 1.54) is 0 Å². The largest absolute Gasteiger partial charge is 0.461 e. The van der Waals surface area contributed by atoms with Gasteiger partial charge in [-0.15, -0.1) is 6.42 Å². The number of ether oxygens (including phenoxy) is 2. The molecule has 2 aromatic heterocycles. The highest BCUT2D eigenvalue weighted by atomic mass is 35.5. The van der Waals surface area contributed by atoms with Gasteiger partial charge < -0.3 is 19.8 Å². The lowest BCUT2D eigenvalue weighted by molar-refractivity contribution is -0.153. The average molecular weight is 425 g/mol. The monoisotopic (exact) mass is 424 g/mol. The van der Waals surface area contributed by atoms with E-state index in [0.29, 0.717) is 29.7 Å². The second-order valence-electron chi connectivity index (χ2n) is 7.33. The van der Waals surface area contributed by atoms with Gasteiger partial charge in [0.15, 0.2) is 5.60 Å². The lowest BCUT2D eigenvalue weighted by atomic mass is 10.0. The first-order valence-electron chi connectivity index (χ1n) is 9.59. The van der Waals surface area contributed by atoms with E-state index in [-0.39, 0.29) is 24.1 Å². The lowest BCUT2D eigenvalue weighted by Crippen LogP contribution is -2.34. The number of terminal acetylenes is 1. The van der Waals surface area contributed by atoms with Gasteiger partial charge in [0.05, 0.1) is 11.3 Å². The Hall–Kier alpha value is -3.08. The van der Waals surface area contributed by atoms with E-state index in [4.69, 9.17) is 33.2 Å². The number of nitrogens with zero attached hydrogens (tertiary/aromatic N) is 3. The molecule has 3 heterocycles. The molecule has 1 aliphatic heterocycles. The molecule has 0 bridgehead atoms. The van der Waals surface area contributed by atoms with Crippen molar-refractivity contribution in [1.29, 1.82) is 0 Å². The number of anilines is 1. The number of rotatable bonds is 5. The van der Waals surface area contributed by atoms with Crippen molar-refractivity contribution in [3.63, 3.8) is 0 Å². The summed E-state index contributed by atoms with van der Waals surface area (Å²) in [7, 11) is 0. The molecule has 4 rings (SSSR count). The third-order valence-corrected chi connectivity index (χ3v) is 5.57. The van der Waals surface area contributed by atoms with Crippen LogP contribution in [-0.2, 0) is 14.3 Å². The SMILES string of the molecule is C#C[C@@]1(COC(=O)[C@@H](C)c2ccccc2)CC[C@H](n2ccc3c(N)nc(Cl)nc32)O1. The van der Waals surface area contributed by atoms with Crippen molar-refractivity contribution in [1.82, 2.24) is 14.5 Å². The molecule has 0 saturated carbocycles. The summed E-state index contributed by atoms with van der Waals surface area (Å²) in [6.07, 6.45) is 8.37. The Bertz CT molecular complexity index is 1120. The van der Waals surface area contributed by atoms with Gasteiger partial charge in [0.1, 0.15) is 24.3 Å². The van der Waals surface area contributed by atoms with Gasteiger partial charge in [-0.25, -0.2) is 4.98 Å². The first-order chi connectivity index (χ1) is 14.4. The molecule has 8 heteroatoms. The number of esters is 1. The summed E-state index contributed by atoms with van der Waals surface area (Å²) >= 11 is 5.96. The van der Waals surface area contributed by atoms with Gasteiger partial charge >= 0.3 is 5.97 Å². The minimum absolute atomic E-state index is 0.0207. The molecule has 1 aromatic carbocycles. The fraction of sp³-hybridized carbons (Fsp3) is 0.318. The van der Waals surface area contributed by atoms with Crippen LogP contribution in [0.25, 0.3) is 11.0 Å². The maximum absolute atomic E-state index is 12.5. The zero-order valence-electron chi connectivity index (χ0n) is 16.4. The fourth-order valence-corrected chi connectivity index (χ4v) is 3.81. The zero-order valence-corrected chi connectivity index (χ0v) is 17.2. The smallest absolute Gasteiger partial charge is 0.313 e. The predicted molar refractivity (Wildman–Crippen MR) is 114 cm³/mol. The number of benzene rings is 1. The molecule has 1 fully saturated rings. The van der Waals surface area contributed by atoms with E-state index in [1.807, 2.05) is 47.2 Å². The Morgan fingerprint density at radius 1 is 1.43 bits per heavy atom. The summed E-state index contributed by atoms with van der Waals surface area (Å²) in [4.78, 5) is 20.8. The first kappa shape index (κ1) is 20.2. The van der Waals surface area contributed by atoms with Crippen LogP contribution in [0.5, 0.6) is 0 Å². The van der Waals surface area contributed by atoms with Crippen LogP contribution in [0, 0.1) is 12.3 Å². The van der Waals surface area contributed by atoms with Gasteiger partial charge in [0.25, 0.3) is 0 Å². The summed E-state index contributed by atoms with van der Waals surface area (Å²) in [6, 6.07) is 11.3. The Morgan fingerprint density at radius 2 is 2.20 bits per heavy atom. The topological polar surface area (TPSA) is 92.3 Å². The summed E-state index contributed by atoms with van der Waals surface area (Å²) in [6.45, 7) is 1.78. The summed E-state index contributed by atoms with van der Waals surface area (Å²) in [5.41, 5.74) is 6.38. The number of aromatic nitrogens is 3. The minimum Gasteiger partial charge on any atom is -0.461 e. The number of hydrogen-bond donors (Lipinski definition) is 1. The minimum atomic E-state index is -1.00. The van der Waals surface area contributed by atoms with Crippen LogP contribution in [0.3, 0.4) is 0 Å². The van der Waals surface area contributed by atoms with Crippen molar-refractivity contribution < 1.29 is 14.3 Å². The van der Waals surface area contributed by atoms with Gasteiger partial charge in [0, 0.05) is 6.20 Å². The fourth-order valence-electron chi connectivity index (χ4n) is 3.64. The number of carbonyl (C=O) groups excluding carboxylic acids is 1. The lowest BCUT2D eigenvalue weighted by Gasteiger charge is -2.25. The van der Waals surface area contributed by atoms with Crippen LogP contribution < -0.4 is 5.73 Å². The number of hydrogen-bond acceptors (Lipinski definition) is 6. The van der Waals surface area contributed by atoms with Crippen LogP contribution in [0.1, 0.15) is 37.5 Å². The van der Waals surface area contributed by atoms with Crippen LogP contribution in [0.4, 0.5) is 5.82 Å². The summed E-state index contributed by atoms with van der Waals surface area (Å²) in [5.74, 6) is 2.24. The first-order valence-corrected chi connectivity index (χ1v) is 9.97. The number of halogens is 1. The molecule has 3 atom stereocenters. The highest BCUT2D eigenvalue weighted by Crippen LogP contribution is 2.38. The van der Waals surface area contributed by atoms with Gasteiger partial charge in [-0.3, -0.25) is 4.79 Å². The van der Waals surface area contributed by atoms with Crippen LogP contribution >= 0.6 is 11.6 Å². The van der Waals surface area contributed by atoms with Crippen LogP contribution in [-0.4, -0.2) is 32.7 Å². The number of nitrogens with two attached hydrogens (primary N) is 1.